The number of hydrogen-bond donors (Lipinski definition) is 2. The SMILES string of the molecule is CCN(CC)C(=S)NN=C(C(=NNC(=S)N(CC)CC)c1ccc(C=O)cc1)c1ccccc1. The third kappa shape index (κ3) is 7.43. The second kappa shape index (κ2) is 14.2. The zero-order valence-corrected chi connectivity index (χ0v) is 21.7. The van der Waals surface area contributed by atoms with Crippen LogP contribution in [0.2, 0.25) is 0 Å². The summed E-state index contributed by atoms with van der Waals surface area (Å²) in [7, 11) is 0. The van der Waals surface area contributed by atoms with Crippen molar-refractivity contribution in [3.63, 3.8) is 0 Å². The Morgan fingerprint density at radius 3 is 1.53 bits per heavy atom. The van der Waals surface area contributed by atoms with Crippen LogP contribution in [-0.2, 0) is 0 Å². The molecule has 0 saturated heterocycles. The van der Waals surface area contributed by atoms with Crippen molar-refractivity contribution < 1.29 is 4.79 Å². The lowest BCUT2D eigenvalue weighted by atomic mass is 9.99. The second-order valence-electron chi connectivity index (χ2n) is 7.21. The Labute approximate surface area is 212 Å². The minimum Gasteiger partial charge on any atom is -0.348 e. The van der Waals surface area contributed by atoms with Crippen LogP contribution in [0.1, 0.15) is 49.2 Å². The summed E-state index contributed by atoms with van der Waals surface area (Å²) in [5.74, 6) is 0. The molecule has 0 radical (unpaired) electrons. The van der Waals surface area contributed by atoms with Crippen molar-refractivity contribution in [1.29, 1.82) is 0 Å². The van der Waals surface area contributed by atoms with Crippen LogP contribution in [0.5, 0.6) is 0 Å². The van der Waals surface area contributed by atoms with Crippen LogP contribution in [0, 0.1) is 0 Å². The lowest BCUT2D eigenvalue weighted by Crippen LogP contribution is -2.39. The average Bonchev–Trinajstić information content (AvgIpc) is 2.88. The normalized spacial score (nSPS) is 11.5. The Balaban J connectivity index is 2.58. The molecule has 0 bridgehead atoms. The number of hydrazone groups is 2. The van der Waals surface area contributed by atoms with Gasteiger partial charge in [-0.05, 0) is 52.1 Å². The van der Waals surface area contributed by atoms with E-state index in [1.165, 1.54) is 0 Å². The van der Waals surface area contributed by atoms with E-state index in [4.69, 9.17) is 24.4 Å². The van der Waals surface area contributed by atoms with Gasteiger partial charge in [-0.15, -0.1) is 0 Å². The van der Waals surface area contributed by atoms with E-state index < -0.39 is 0 Å². The number of nitrogens with zero attached hydrogens (tertiary/aromatic N) is 4. The second-order valence-corrected chi connectivity index (χ2v) is 7.98. The van der Waals surface area contributed by atoms with Gasteiger partial charge in [-0.25, -0.2) is 0 Å². The van der Waals surface area contributed by atoms with Crippen LogP contribution in [0.3, 0.4) is 0 Å². The summed E-state index contributed by atoms with van der Waals surface area (Å²) in [5.41, 5.74) is 9.40. The molecule has 0 aliphatic carbocycles. The summed E-state index contributed by atoms with van der Waals surface area (Å²) in [6.07, 6.45) is 0.810. The fraction of sp³-hybridized carbons (Fsp3) is 0.320. The number of hydrogen-bond acceptors (Lipinski definition) is 5. The molecule has 0 amide bonds. The molecular formula is C25H32N6OS2. The zero-order valence-electron chi connectivity index (χ0n) is 20.1. The van der Waals surface area contributed by atoms with Crippen molar-refractivity contribution in [2.45, 2.75) is 27.7 Å². The van der Waals surface area contributed by atoms with Gasteiger partial charge in [0.2, 0.25) is 0 Å². The molecule has 2 rings (SSSR count). The monoisotopic (exact) mass is 496 g/mol. The number of benzene rings is 2. The van der Waals surface area contributed by atoms with Gasteiger partial charge in [0.1, 0.15) is 17.7 Å². The highest BCUT2D eigenvalue weighted by molar-refractivity contribution is 7.80. The molecule has 0 aliphatic heterocycles. The molecule has 0 aromatic heterocycles. The van der Waals surface area contributed by atoms with Gasteiger partial charge >= 0.3 is 0 Å². The first-order valence-electron chi connectivity index (χ1n) is 11.3. The lowest BCUT2D eigenvalue weighted by molar-refractivity contribution is 0.112. The molecule has 9 heteroatoms. The maximum atomic E-state index is 11.2. The van der Waals surface area contributed by atoms with E-state index in [-0.39, 0.29) is 0 Å². The largest absolute Gasteiger partial charge is 0.348 e. The van der Waals surface area contributed by atoms with Crippen molar-refractivity contribution in [3.05, 3.63) is 71.3 Å². The minimum absolute atomic E-state index is 0.519. The number of rotatable bonds is 10. The number of thiocarbonyl (C=S) groups is 2. The number of nitrogens with one attached hydrogen (secondary N) is 2. The third-order valence-electron chi connectivity index (χ3n) is 5.22. The molecule has 0 heterocycles. The van der Waals surface area contributed by atoms with E-state index in [9.17, 15) is 4.79 Å². The zero-order chi connectivity index (χ0) is 24.9. The van der Waals surface area contributed by atoms with Gasteiger partial charge in [0.25, 0.3) is 0 Å². The Kier molecular flexibility index (Phi) is 11.3. The molecule has 7 nitrogen and oxygen atoms in total. The summed E-state index contributed by atoms with van der Waals surface area (Å²) in [5, 5.41) is 10.4. The van der Waals surface area contributed by atoms with Gasteiger partial charge in [0.05, 0.1) is 0 Å². The van der Waals surface area contributed by atoms with E-state index in [0.29, 0.717) is 27.2 Å². The molecule has 0 saturated carbocycles. The van der Waals surface area contributed by atoms with Crippen LogP contribution in [-0.4, -0.2) is 63.9 Å². The highest BCUT2D eigenvalue weighted by Crippen LogP contribution is 2.12. The van der Waals surface area contributed by atoms with Gasteiger partial charge in [-0.2, -0.15) is 10.2 Å². The minimum atomic E-state index is 0.519. The molecule has 180 valence electrons. The Morgan fingerprint density at radius 1 is 0.735 bits per heavy atom. The van der Waals surface area contributed by atoms with Crippen molar-refractivity contribution >= 4 is 52.4 Å². The average molecular weight is 497 g/mol. The quantitative estimate of drug-likeness (QED) is 0.223. The van der Waals surface area contributed by atoms with Gasteiger partial charge in [0, 0.05) is 42.9 Å². The van der Waals surface area contributed by atoms with Gasteiger partial charge in [-0.1, -0.05) is 54.6 Å². The maximum absolute atomic E-state index is 11.2. The topological polar surface area (TPSA) is 72.3 Å². The van der Waals surface area contributed by atoms with Crippen LogP contribution < -0.4 is 10.9 Å². The highest BCUT2D eigenvalue weighted by Gasteiger charge is 2.17. The number of carbonyl (C=O) groups excluding carboxylic acids is 1. The van der Waals surface area contributed by atoms with Crippen LogP contribution in [0.15, 0.2) is 64.8 Å². The smallest absolute Gasteiger partial charge is 0.189 e. The molecule has 0 spiro atoms. The standard InChI is InChI=1S/C25H32N6OS2/c1-5-30(6-2)24(33)28-26-22(20-12-10-9-11-13-20)23(21-16-14-19(18-32)15-17-21)27-29-25(34)31(7-3)8-4/h9-18H,5-8H2,1-4H3,(H,28,33)(H,29,34). The summed E-state index contributed by atoms with van der Waals surface area (Å²) in [6.45, 7) is 11.2. The molecule has 2 aromatic rings. The van der Waals surface area contributed by atoms with Crippen molar-refractivity contribution in [1.82, 2.24) is 20.7 Å². The first-order valence-corrected chi connectivity index (χ1v) is 12.2. The van der Waals surface area contributed by atoms with Gasteiger partial charge in [0.15, 0.2) is 10.2 Å². The van der Waals surface area contributed by atoms with E-state index in [0.717, 1.165) is 43.6 Å². The van der Waals surface area contributed by atoms with Crippen LogP contribution in [0.4, 0.5) is 0 Å². The fourth-order valence-corrected chi connectivity index (χ4v) is 3.80. The predicted molar refractivity (Wildman–Crippen MR) is 149 cm³/mol. The van der Waals surface area contributed by atoms with Gasteiger partial charge < -0.3 is 9.80 Å². The molecule has 0 aliphatic rings. The summed E-state index contributed by atoms with van der Waals surface area (Å²) < 4.78 is 0. The number of aldehydes is 1. The van der Waals surface area contributed by atoms with Crippen LogP contribution in [0.25, 0.3) is 0 Å². The van der Waals surface area contributed by atoms with E-state index >= 15 is 0 Å². The van der Waals surface area contributed by atoms with Crippen molar-refractivity contribution in [3.8, 4) is 0 Å². The molecule has 34 heavy (non-hydrogen) atoms. The maximum Gasteiger partial charge on any atom is 0.189 e. The van der Waals surface area contributed by atoms with Crippen LogP contribution >= 0.6 is 24.4 Å². The molecule has 2 N–H and O–H groups in total. The number of carbonyl (C=O) groups is 1. The van der Waals surface area contributed by atoms with Crippen molar-refractivity contribution in [2.24, 2.45) is 10.2 Å². The molecule has 2 aromatic carbocycles. The first-order chi connectivity index (χ1) is 16.5. The van der Waals surface area contributed by atoms with Gasteiger partial charge in [-0.3, -0.25) is 15.6 Å². The summed E-state index contributed by atoms with van der Waals surface area (Å²) >= 11 is 11.1. The van der Waals surface area contributed by atoms with E-state index in [1.807, 2.05) is 80.0 Å². The fourth-order valence-electron chi connectivity index (χ4n) is 3.19. The molecule has 0 fully saturated rings. The molecule has 0 unspecified atom stereocenters. The first kappa shape index (κ1) is 27.1. The molecular weight excluding hydrogens is 464 g/mol. The van der Waals surface area contributed by atoms with E-state index in [1.54, 1.807) is 12.1 Å². The summed E-state index contributed by atoms with van der Waals surface area (Å²) in [6, 6.07) is 16.9. The Morgan fingerprint density at radius 2 is 1.15 bits per heavy atom. The molecule has 0 atom stereocenters. The third-order valence-corrected chi connectivity index (χ3v) is 5.92. The van der Waals surface area contributed by atoms with E-state index in [2.05, 4.69) is 21.1 Å². The lowest BCUT2D eigenvalue weighted by Gasteiger charge is -2.22. The summed E-state index contributed by atoms with van der Waals surface area (Å²) in [4.78, 5) is 15.2. The van der Waals surface area contributed by atoms with Crippen molar-refractivity contribution in [2.75, 3.05) is 26.2 Å². The Bertz CT molecular complexity index is 1010. The Hall–Kier alpha value is -3.17. The highest BCUT2D eigenvalue weighted by atomic mass is 32.1. The predicted octanol–water partition coefficient (Wildman–Crippen LogP) is 4.04.